The van der Waals surface area contributed by atoms with Crippen LogP contribution in [-0.2, 0) is 6.61 Å². The van der Waals surface area contributed by atoms with Gasteiger partial charge in [-0.05, 0) is 50.3 Å². The van der Waals surface area contributed by atoms with E-state index in [2.05, 4.69) is 25.7 Å². The van der Waals surface area contributed by atoms with Gasteiger partial charge in [0.05, 0.1) is 5.56 Å². The van der Waals surface area contributed by atoms with E-state index in [4.69, 9.17) is 9.26 Å². The van der Waals surface area contributed by atoms with Gasteiger partial charge in [-0.25, -0.2) is 0 Å². The van der Waals surface area contributed by atoms with Crippen LogP contribution in [0.4, 0.5) is 0 Å². The van der Waals surface area contributed by atoms with Gasteiger partial charge in [0, 0.05) is 42.5 Å². The van der Waals surface area contributed by atoms with Crippen molar-refractivity contribution in [2.45, 2.75) is 33.3 Å². The maximum Gasteiger partial charge on any atom is 0.233 e. The van der Waals surface area contributed by atoms with E-state index in [1.54, 1.807) is 18.3 Å². The molecular formula is C22H23N5O3. The molecule has 0 aromatic carbocycles. The van der Waals surface area contributed by atoms with Crippen LogP contribution < -0.4 is 10.1 Å². The predicted octanol–water partition coefficient (Wildman–Crippen LogP) is 2.90. The van der Waals surface area contributed by atoms with Gasteiger partial charge in [0.25, 0.3) is 0 Å². The number of carbonyl (C=O) groups is 1. The summed E-state index contributed by atoms with van der Waals surface area (Å²) in [5.41, 5.74) is 4.09. The lowest BCUT2D eigenvalue weighted by Gasteiger charge is -2.53. The Morgan fingerprint density at radius 3 is 2.67 bits per heavy atom. The summed E-state index contributed by atoms with van der Waals surface area (Å²) in [4.78, 5) is 16.9. The second kappa shape index (κ2) is 7.28. The molecule has 8 heteroatoms. The third kappa shape index (κ3) is 3.37. The number of hydrogen-bond donors (Lipinski definition) is 1. The molecule has 1 aliphatic carbocycles. The van der Waals surface area contributed by atoms with E-state index in [0.29, 0.717) is 28.4 Å². The molecule has 154 valence electrons. The molecule has 1 saturated heterocycles. The minimum Gasteiger partial charge on any atom is -0.472 e. The number of pyridine rings is 1. The fourth-order valence-corrected chi connectivity index (χ4v) is 4.22. The van der Waals surface area contributed by atoms with E-state index in [-0.39, 0.29) is 18.3 Å². The van der Waals surface area contributed by atoms with E-state index in [1.807, 2.05) is 26.0 Å². The Hall–Kier alpha value is -3.13. The van der Waals surface area contributed by atoms with Gasteiger partial charge >= 0.3 is 0 Å². The zero-order valence-corrected chi connectivity index (χ0v) is 17.0. The number of aryl methyl sites for hydroxylation is 2. The largest absolute Gasteiger partial charge is 0.472 e. The Morgan fingerprint density at radius 1 is 1.20 bits per heavy atom. The molecule has 3 aromatic rings. The highest BCUT2D eigenvalue weighted by Gasteiger charge is 2.51. The predicted molar refractivity (Wildman–Crippen MR) is 108 cm³/mol. The number of hydrogen-bond acceptors (Lipinski definition) is 8. The normalized spacial score (nSPS) is 17.4. The first-order valence-electron chi connectivity index (χ1n) is 10.1. The Labute approximate surface area is 174 Å². The zero-order chi connectivity index (χ0) is 20.7. The Balaban J connectivity index is 1.24. The molecule has 0 amide bonds. The van der Waals surface area contributed by atoms with Crippen LogP contribution in [0, 0.1) is 25.2 Å². The second-order valence-corrected chi connectivity index (χ2v) is 8.37. The highest BCUT2D eigenvalue weighted by Crippen LogP contribution is 2.49. The number of ketones is 1. The number of carbonyl (C=O) groups excluding carboxylic acids is 1. The lowest BCUT2D eigenvalue weighted by molar-refractivity contribution is 0.00577. The van der Waals surface area contributed by atoms with Crippen molar-refractivity contribution < 1.29 is 14.1 Å². The molecule has 2 aliphatic rings. The van der Waals surface area contributed by atoms with Crippen LogP contribution in [0.2, 0.25) is 0 Å². The fraction of sp³-hybridized carbons (Fsp3) is 0.409. The molecule has 5 rings (SSSR count). The summed E-state index contributed by atoms with van der Waals surface area (Å²) in [5, 5.41) is 15.6. The molecule has 0 radical (unpaired) electrons. The zero-order valence-electron chi connectivity index (χ0n) is 17.0. The van der Waals surface area contributed by atoms with Crippen molar-refractivity contribution in [1.29, 1.82) is 0 Å². The van der Waals surface area contributed by atoms with E-state index in [9.17, 15) is 4.79 Å². The van der Waals surface area contributed by atoms with Gasteiger partial charge in [-0.15, -0.1) is 10.2 Å². The van der Waals surface area contributed by atoms with Gasteiger partial charge in [0.2, 0.25) is 5.88 Å². The van der Waals surface area contributed by atoms with Crippen LogP contribution in [0.25, 0.3) is 11.3 Å². The molecule has 1 saturated carbocycles. The number of ether oxygens (including phenoxy) is 1. The molecule has 1 spiro atoms. The van der Waals surface area contributed by atoms with Crippen molar-refractivity contribution in [3.8, 4) is 17.1 Å². The first-order valence-corrected chi connectivity index (χ1v) is 10.1. The quantitative estimate of drug-likeness (QED) is 0.625. The van der Waals surface area contributed by atoms with Gasteiger partial charge in [-0.2, -0.15) is 0 Å². The molecule has 3 aromatic heterocycles. The minimum atomic E-state index is 0.0681. The van der Waals surface area contributed by atoms with Crippen LogP contribution in [0.1, 0.15) is 40.3 Å². The summed E-state index contributed by atoms with van der Waals surface area (Å²) in [5.74, 6) is 1.18. The topological polar surface area (TPSA) is 103 Å². The molecule has 1 aliphatic heterocycles. The maximum absolute atomic E-state index is 12.6. The highest BCUT2D eigenvalue weighted by atomic mass is 16.5. The molecule has 1 N–H and O–H groups in total. The first-order chi connectivity index (χ1) is 14.5. The van der Waals surface area contributed by atoms with Gasteiger partial charge in [0.15, 0.2) is 5.78 Å². The van der Waals surface area contributed by atoms with Crippen LogP contribution in [-0.4, -0.2) is 39.2 Å². The average molecular weight is 405 g/mol. The molecule has 0 bridgehead atoms. The SMILES string of the molecule is Cc1ccc(-c2noc(C)c2COc2ccc(C(=O)C3CC4(CNC4)C3)nn2)cn1. The van der Waals surface area contributed by atoms with Gasteiger partial charge in [0.1, 0.15) is 23.8 Å². The van der Waals surface area contributed by atoms with Gasteiger partial charge < -0.3 is 14.6 Å². The van der Waals surface area contributed by atoms with Gasteiger partial charge in [-0.1, -0.05) is 5.16 Å². The summed E-state index contributed by atoms with van der Waals surface area (Å²) >= 11 is 0. The third-order valence-corrected chi connectivity index (χ3v) is 6.16. The minimum absolute atomic E-state index is 0.0681. The molecule has 0 unspecified atom stereocenters. The first kappa shape index (κ1) is 18.9. The smallest absolute Gasteiger partial charge is 0.233 e. The van der Waals surface area contributed by atoms with E-state index in [0.717, 1.165) is 42.8 Å². The van der Waals surface area contributed by atoms with Crippen LogP contribution in [0.5, 0.6) is 5.88 Å². The molecular weight excluding hydrogens is 382 g/mol. The summed E-state index contributed by atoms with van der Waals surface area (Å²) in [7, 11) is 0. The summed E-state index contributed by atoms with van der Waals surface area (Å²) in [6.45, 7) is 6.06. The summed E-state index contributed by atoms with van der Waals surface area (Å²) < 4.78 is 11.2. The van der Waals surface area contributed by atoms with Crippen LogP contribution >= 0.6 is 0 Å². The molecule has 8 nitrogen and oxygen atoms in total. The number of nitrogens with zero attached hydrogens (tertiary/aromatic N) is 4. The van der Waals surface area contributed by atoms with Crippen molar-refractivity contribution in [2.75, 3.05) is 13.1 Å². The number of rotatable bonds is 6. The Morgan fingerprint density at radius 2 is 2.03 bits per heavy atom. The number of nitrogens with one attached hydrogen (secondary N) is 1. The van der Waals surface area contributed by atoms with Crippen molar-refractivity contribution in [1.82, 2.24) is 25.7 Å². The molecule has 30 heavy (non-hydrogen) atoms. The van der Waals surface area contributed by atoms with Crippen LogP contribution in [0.15, 0.2) is 35.0 Å². The van der Waals surface area contributed by atoms with Crippen molar-refractivity contribution >= 4 is 5.78 Å². The highest BCUT2D eigenvalue weighted by molar-refractivity contribution is 5.96. The lowest BCUT2D eigenvalue weighted by atomic mass is 9.57. The van der Waals surface area contributed by atoms with Crippen molar-refractivity contribution in [3.63, 3.8) is 0 Å². The second-order valence-electron chi connectivity index (χ2n) is 8.37. The summed E-state index contributed by atoms with van der Waals surface area (Å²) in [6, 6.07) is 7.26. The van der Waals surface area contributed by atoms with E-state index in [1.165, 1.54) is 0 Å². The molecule has 4 heterocycles. The number of aromatic nitrogens is 4. The lowest BCUT2D eigenvalue weighted by Crippen LogP contribution is -2.61. The molecule has 0 atom stereocenters. The van der Waals surface area contributed by atoms with E-state index < -0.39 is 0 Å². The van der Waals surface area contributed by atoms with E-state index >= 15 is 0 Å². The Kier molecular flexibility index (Phi) is 4.58. The standard InChI is InChI=1S/C22H23N5O3/c1-13-3-4-15(9-24-13)20-17(14(2)30-27-20)10-29-19-6-5-18(25-26-19)21(28)16-7-22(8-16)11-23-12-22/h3-6,9,16,23H,7-8,10-12H2,1-2H3. The van der Waals surface area contributed by atoms with Gasteiger partial charge in [-0.3, -0.25) is 9.78 Å². The third-order valence-electron chi connectivity index (χ3n) is 6.16. The Bertz CT molecular complexity index is 1060. The van der Waals surface area contributed by atoms with Crippen molar-refractivity contribution in [3.05, 3.63) is 53.2 Å². The van der Waals surface area contributed by atoms with Crippen molar-refractivity contribution in [2.24, 2.45) is 11.3 Å². The number of Topliss-reactive ketones (excluding diaryl/α,β-unsaturated/α-hetero) is 1. The summed E-state index contributed by atoms with van der Waals surface area (Å²) in [6.07, 6.45) is 3.66. The maximum atomic E-state index is 12.6. The fourth-order valence-electron chi connectivity index (χ4n) is 4.22. The van der Waals surface area contributed by atoms with Crippen LogP contribution in [0.3, 0.4) is 0 Å². The molecule has 2 fully saturated rings. The monoisotopic (exact) mass is 405 g/mol. The average Bonchev–Trinajstić information content (AvgIpc) is 3.05.